The highest BCUT2D eigenvalue weighted by Gasteiger charge is 2.29. The number of hydrogen-bond donors (Lipinski definition) is 3. The fourth-order valence-corrected chi connectivity index (χ4v) is 1.56. The Labute approximate surface area is 77.2 Å². The Morgan fingerprint density at radius 3 is 2.85 bits per heavy atom. The number of aliphatic hydroxyl groups excluding tert-OH is 1. The summed E-state index contributed by atoms with van der Waals surface area (Å²) in [6, 6.07) is 0. The molecule has 13 heavy (non-hydrogen) atoms. The number of carbonyl (C=O) groups excluding carboxylic acids is 1. The zero-order chi connectivity index (χ0) is 9.84. The van der Waals surface area contributed by atoms with Crippen LogP contribution in [0.1, 0.15) is 6.42 Å². The van der Waals surface area contributed by atoms with E-state index in [-0.39, 0.29) is 5.92 Å². The Hall–Kier alpha value is -0.650. The second kappa shape index (κ2) is 4.55. The van der Waals surface area contributed by atoms with E-state index in [1.54, 1.807) is 0 Å². The van der Waals surface area contributed by atoms with Crippen molar-refractivity contribution in [2.24, 2.45) is 11.7 Å². The maximum absolute atomic E-state index is 10.8. The molecule has 0 spiro atoms. The summed E-state index contributed by atoms with van der Waals surface area (Å²) in [5.41, 5.74) is 5.10. The molecule has 0 aromatic heterocycles. The molecule has 76 valence electrons. The lowest BCUT2D eigenvalue weighted by Crippen LogP contribution is -2.34. The second-order valence-electron chi connectivity index (χ2n) is 3.35. The average molecular weight is 188 g/mol. The molecule has 1 saturated heterocycles. The summed E-state index contributed by atoms with van der Waals surface area (Å²) in [5.74, 6) is -0.404. The fourth-order valence-electron chi connectivity index (χ4n) is 1.56. The van der Waals surface area contributed by atoms with Gasteiger partial charge in [-0.15, -0.1) is 0 Å². The van der Waals surface area contributed by atoms with Crippen LogP contribution in [0.25, 0.3) is 0 Å². The summed E-state index contributed by atoms with van der Waals surface area (Å²) in [6.07, 6.45) is -0.489. The van der Waals surface area contributed by atoms with E-state index in [9.17, 15) is 9.90 Å². The molecular weight excluding hydrogens is 172 g/mol. The topological polar surface area (TPSA) is 84.6 Å². The van der Waals surface area contributed by atoms with Crippen LogP contribution >= 0.6 is 0 Å². The van der Waals surface area contributed by atoms with E-state index in [0.717, 1.165) is 0 Å². The lowest BCUT2D eigenvalue weighted by Gasteiger charge is -2.18. The van der Waals surface area contributed by atoms with Crippen molar-refractivity contribution >= 4 is 5.91 Å². The number of aliphatic hydroxyl groups is 1. The van der Waals surface area contributed by atoms with E-state index in [1.807, 2.05) is 0 Å². The third-order valence-electron chi connectivity index (χ3n) is 2.42. The maximum atomic E-state index is 10.8. The van der Waals surface area contributed by atoms with Gasteiger partial charge >= 0.3 is 0 Å². The summed E-state index contributed by atoms with van der Waals surface area (Å²) < 4.78 is 4.91. The first kappa shape index (κ1) is 10.4. The molecule has 0 aliphatic carbocycles. The number of methoxy groups -OCH3 is 1. The zero-order valence-corrected chi connectivity index (χ0v) is 7.69. The van der Waals surface area contributed by atoms with Gasteiger partial charge in [0.05, 0.1) is 6.10 Å². The maximum Gasteiger partial charge on any atom is 0.246 e. The summed E-state index contributed by atoms with van der Waals surface area (Å²) in [6.45, 7) is 1.30. The van der Waals surface area contributed by atoms with E-state index in [0.29, 0.717) is 19.5 Å². The molecule has 1 amide bonds. The van der Waals surface area contributed by atoms with E-state index in [2.05, 4.69) is 5.32 Å². The second-order valence-corrected chi connectivity index (χ2v) is 3.35. The molecule has 4 N–H and O–H groups in total. The summed E-state index contributed by atoms with van der Waals surface area (Å²) in [5, 5.41) is 12.5. The van der Waals surface area contributed by atoms with Crippen molar-refractivity contribution < 1.29 is 14.6 Å². The zero-order valence-electron chi connectivity index (χ0n) is 7.69. The van der Waals surface area contributed by atoms with E-state index >= 15 is 0 Å². The molecule has 1 rings (SSSR count). The van der Waals surface area contributed by atoms with Crippen molar-refractivity contribution in [1.82, 2.24) is 5.32 Å². The Kier molecular flexibility index (Phi) is 3.65. The van der Waals surface area contributed by atoms with Gasteiger partial charge in [-0.3, -0.25) is 4.79 Å². The predicted molar refractivity (Wildman–Crippen MR) is 47.0 cm³/mol. The first-order chi connectivity index (χ1) is 6.15. The first-order valence-corrected chi connectivity index (χ1v) is 4.36. The summed E-state index contributed by atoms with van der Waals surface area (Å²) in [7, 11) is 1.45. The van der Waals surface area contributed by atoms with Crippen LogP contribution in [0.2, 0.25) is 0 Å². The quantitative estimate of drug-likeness (QED) is 0.499. The van der Waals surface area contributed by atoms with Gasteiger partial charge in [0, 0.05) is 26.1 Å². The molecule has 0 radical (unpaired) electrons. The van der Waals surface area contributed by atoms with Crippen LogP contribution in [0.4, 0.5) is 0 Å². The number of primary amides is 1. The molecule has 1 fully saturated rings. The first-order valence-electron chi connectivity index (χ1n) is 4.36. The van der Waals surface area contributed by atoms with Gasteiger partial charge in [-0.25, -0.2) is 0 Å². The Bertz CT molecular complexity index is 186. The Balaban J connectivity index is 2.41. The molecule has 0 bridgehead atoms. The van der Waals surface area contributed by atoms with E-state index in [1.165, 1.54) is 7.11 Å². The van der Waals surface area contributed by atoms with Crippen LogP contribution in [-0.2, 0) is 9.53 Å². The van der Waals surface area contributed by atoms with E-state index < -0.39 is 18.1 Å². The minimum atomic E-state index is -0.584. The normalized spacial score (nSPS) is 30.3. The number of amides is 1. The SMILES string of the molecule is COC(C[C@H]1CNC[C@H]1O)C(N)=O. The third-order valence-corrected chi connectivity index (χ3v) is 2.42. The number of carbonyl (C=O) groups is 1. The van der Waals surface area contributed by atoms with E-state index in [4.69, 9.17) is 10.5 Å². The van der Waals surface area contributed by atoms with Crippen molar-refractivity contribution in [1.29, 1.82) is 0 Å². The minimum Gasteiger partial charge on any atom is -0.391 e. The van der Waals surface area contributed by atoms with Crippen molar-refractivity contribution in [2.75, 3.05) is 20.2 Å². The van der Waals surface area contributed by atoms with Crippen LogP contribution in [-0.4, -0.2) is 43.4 Å². The van der Waals surface area contributed by atoms with Gasteiger partial charge in [0.1, 0.15) is 6.10 Å². The number of β-amino-alcohol motifs (C(OH)–C–C–N with tert-alkyl or cyclic N) is 1. The highest BCUT2D eigenvalue weighted by molar-refractivity contribution is 5.78. The Morgan fingerprint density at radius 1 is 1.77 bits per heavy atom. The van der Waals surface area contributed by atoms with Gasteiger partial charge in [0.15, 0.2) is 0 Å². The van der Waals surface area contributed by atoms with Gasteiger partial charge in [-0.05, 0) is 6.42 Å². The molecule has 0 saturated carbocycles. The highest BCUT2D eigenvalue weighted by atomic mass is 16.5. The summed E-state index contributed by atoms with van der Waals surface area (Å²) >= 11 is 0. The molecule has 5 heteroatoms. The standard InChI is InChI=1S/C8H16N2O3/c1-13-7(8(9)12)2-5-3-10-4-6(5)11/h5-7,10-11H,2-4H2,1H3,(H2,9,12)/t5-,6+,7?/m0/s1. The number of rotatable bonds is 4. The number of hydrogen-bond acceptors (Lipinski definition) is 4. The molecule has 1 aliphatic heterocycles. The molecular formula is C8H16N2O3. The average Bonchev–Trinajstić information content (AvgIpc) is 2.46. The van der Waals surface area contributed by atoms with Crippen LogP contribution in [0.5, 0.6) is 0 Å². The van der Waals surface area contributed by atoms with Crippen molar-refractivity contribution in [3.8, 4) is 0 Å². The molecule has 1 unspecified atom stereocenters. The van der Waals surface area contributed by atoms with Crippen LogP contribution < -0.4 is 11.1 Å². The summed E-state index contributed by atoms with van der Waals surface area (Å²) in [4.78, 5) is 10.8. The number of ether oxygens (including phenoxy) is 1. The number of nitrogens with one attached hydrogen (secondary N) is 1. The lowest BCUT2D eigenvalue weighted by molar-refractivity contribution is -0.128. The lowest BCUT2D eigenvalue weighted by atomic mass is 9.98. The molecule has 3 atom stereocenters. The molecule has 0 aromatic carbocycles. The van der Waals surface area contributed by atoms with Gasteiger partial charge in [0.25, 0.3) is 0 Å². The smallest absolute Gasteiger partial charge is 0.246 e. The molecule has 0 aromatic rings. The van der Waals surface area contributed by atoms with Crippen LogP contribution in [0, 0.1) is 5.92 Å². The van der Waals surface area contributed by atoms with Crippen molar-refractivity contribution in [3.63, 3.8) is 0 Å². The third kappa shape index (κ3) is 2.65. The largest absolute Gasteiger partial charge is 0.391 e. The number of nitrogens with two attached hydrogens (primary N) is 1. The molecule has 5 nitrogen and oxygen atoms in total. The molecule has 1 aliphatic rings. The highest BCUT2D eigenvalue weighted by Crippen LogP contribution is 2.16. The Morgan fingerprint density at radius 2 is 2.46 bits per heavy atom. The fraction of sp³-hybridized carbons (Fsp3) is 0.875. The minimum absolute atomic E-state index is 0.0671. The van der Waals surface area contributed by atoms with Gasteiger partial charge < -0.3 is 20.9 Å². The van der Waals surface area contributed by atoms with Crippen molar-refractivity contribution in [2.45, 2.75) is 18.6 Å². The van der Waals surface area contributed by atoms with Crippen molar-refractivity contribution in [3.05, 3.63) is 0 Å². The monoisotopic (exact) mass is 188 g/mol. The van der Waals surface area contributed by atoms with Crippen LogP contribution in [0.3, 0.4) is 0 Å². The molecule has 1 heterocycles. The van der Waals surface area contributed by atoms with Gasteiger partial charge in [-0.2, -0.15) is 0 Å². The van der Waals surface area contributed by atoms with Gasteiger partial charge in [0.2, 0.25) is 5.91 Å². The van der Waals surface area contributed by atoms with Gasteiger partial charge in [-0.1, -0.05) is 0 Å². The predicted octanol–water partition coefficient (Wildman–Crippen LogP) is -1.54. The van der Waals surface area contributed by atoms with Crippen LogP contribution in [0.15, 0.2) is 0 Å².